The van der Waals surface area contributed by atoms with Crippen molar-refractivity contribution in [3.63, 3.8) is 0 Å². The number of carbonyl (C=O) groups is 3. The number of alkyl halides is 3. The summed E-state index contributed by atoms with van der Waals surface area (Å²) in [6.07, 6.45) is 0.705. The first-order valence-electron chi connectivity index (χ1n) is 13.8. The first-order chi connectivity index (χ1) is 21.7. The average molecular weight is 663 g/mol. The molecule has 0 spiro atoms. The Hall–Kier alpha value is -4.92. The first kappa shape index (κ1) is 34.0. The minimum Gasteiger partial charge on any atom is -0.455 e. The predicted octanol–water partition coefficient (Wildman–Crippen LogP) is 4.58. The summed E-state index contributed by atoms with van der Waals surface area (Å²) in [5.74, 6) is -4.58. The van der Waals surface area contributed by atoms with Crippen molar-refractivity contribution in [3.05, 3.63) is 77.6 Å². The van der Waals surface area contributed by atoms with Crippen molar-refractivity contribution in [2.75, 3.05) is 43.9 Å². The van der Waals surface area contributed by atoms with E-state index in [9.17, 15) is 35.6 Å². The molecule has 10 nitrogen and oxygen atoms in total. The largest absolute Gasteiger partial charge is 0.455 e. The van der Waals surface area contributed by atoms with Crippen LogP contribution in [0.3, 0.4) is 0 Å². The zero-order valence-electron chi connectivity index (χ0n) is 24.7. The van der Waals surface area contributed by atoms with Gasteiger partial charge in [-0.25, -0.2) is 26.0 Å². The van der Waals surface area contributed by atoms with Crippen LogP contribution in [0.4, 0.5) is 23.2 Å². The summed E-state index contributed by atoms with van der Waals surface area (Å²) in [5, 5.41) is 2.81. The van der Waals surface area contributed by atoms with Gasteiger partial charge in [0.05, 0.1) is 30.6 Å². The quantitative estimate of drug-likeness (QED) is 0.209. The van der Waals surface area contributed by atoms with Crippen LogP contribution in [-0.4, -0.2) is 77.1 Å². The Bertz CT molecular complexity index is 1880. The molecule has 3 N–H and O–H groups in total. The van der Waals surface area contributed by atoms with E-state index in [0.29, 0.717) is 11.1 Å². The highest BCUT2D eigenvalue weighted by molar-refractivity contribution is 7.92. The number of halogens is 4. The van der Waals surface area contributed by atoms with Crippen LogP contribution in [0.1, 0.15) is 27.1 Å². The molecule has 3 aromatic carbocycles. The third kappa shape index (κ3) is 7.14. The number of nitrogens with two attached hydrogens (primary N) is 1. The van der Waals surface area contributed by atoms with E-state index in [-0.39, 0.29) is 52.1 Å². The topological polar surface area (TPSA) is 143 Å². The molecule has 1 saturated heterocycles. The number of nitrogens with one attached hydrogen (secondary N) is 1. The van der Waals surface area contributed by atoms with Crippen LogP contribution in [0, 0.1) is 5.82 Å². The first-order valence-corrected chi connectivity index (χ1v) is 15.6. The molecule has 1 fully saturated rings. The number of anilines is 1. The highest BCUT2D eigenvalue weighted by Crippen LogP contribution is 2.42. The van der Waals surface area contributed by atoms with Gasteiger partial charge in [-0.2, -0.15) is 0 Å². The molecule has 244 valence electrons. The second kappa shape index (κ2) is 13.6. The van der Waals surface area contributed by atoms with Crippen molar-refractivity contribution in [2.45, 2.75) is 12.3 Å². The van der Waals surface area contributed by atoms with Gasteiger partial charge >= 0.3 is 0 Å². The van der Waals surface area contributed by atoms with Gasteiger partial charge in [0.1, 0.15) is 23.8 Å². The Balaban J connectivity index is 0.00000154. The monoisotopic (exact) mass is 662 g/mol. The number of hydrogen-bond acceptors (Lipinski definition) is 6. The SMILES string of the molecule is CNC(=O)c1c(-c2ccc(F)cc2)oc2cc(N(CCF)S(C)(=O)=O)c(-c3cccc(C(=O)N4CCC(F)(F)C4)c3)cc12.NC=O. The minimum absolute atomic E-state index is 0.00724. The van der Waals surface area contributed by atoms with Crippen molar-refractivity contribution in [2.24, 2.45) is 5.73 Å². The molecule has 0 aliphatic carbocycles. The van der Waals surface area contributed by atoms with Gasteiger partial charge < -0.3 is 20.4 Å². The van der Waals surface area contributed by atoms with Crippen LogP contribution < -0.4 is 15.4 Å². The molecular formula is C31H30F4N4O6S. The molecule has 1 aromatic heterocycles. The molecule has 1 aliphatic rings. The fraction of sp³-hybridized carbons (Fsp3) is 0.258. The fourth-order valence-electron chi connectivity index (χ4n) is 5.18. The number of amides is 3. The number of fused-ring (bicyclic) bond motifs is 1. The number of primary amides is 1. The van der Waals surface area contributed by atoms with E-state index < -0.39 is 59.8 Å². The van der Waals surface area contributed by atoms with E-state index in [1.807, 2.05) is 0 Å². The summed E-state index contributed by atoms with van der Waals surface area (Å²) in [7, 11) is -2.63. The van der Waals surface area contributed by atoms with Crippen molar-refractivity contribution < 1.29 is 44.8 Å². The standard InChI is InChI=1S/C30H27F4N3O5S.CH3NO/c1-35-28(38)26-23-15-22(19-4-3-5-20(14-19)29(39)36-12-10-30(33,34)17-36)24(37(13-11-31)43(2,40)41)16-25(23)42-27(26)18-6-8-21(32)9-7-18;2-1-3/h3-9,14-16H,10-13,17H2,1-2H3,(H,35,38);1H,(H2,2,3). The van der Waals surface area contributed by atoms with Crippen LogP contribution in [-0.2, 0) is 14.8 Å². The van der Waals surface area contributed by atoms with Crippen LogP contribution in [0.15, 0.2) is 65.1 Å². The molecule has 46 heavy (non-hydrogen) atoms. The molecule has 3 amide bonds. The van der Waals surface area contributed by atoms with Gasteiger partial charge in [-0.3, -0.25) is 18.7 Å². The van der Waals surface area contributed by atoms with Crippen LogP contribution in [0.25, 0.3) is 33.4 Å². The van der Waals surface area contributed by atoms with Gasteiger partial charge in [-0.15, -0.1) is 0 Å². The molecular weight excluding hydrogens is 632 g/mol. The fourth-order valence-corrected chi connectivity index (χ4v) is 6.09. The summed E-state index contributed by atoms with van der Waals surface area (Å²) < 4.78 is 87.5. The van der Waals surface area contributed by atoms with Crippen molar-refractivity contribution >= 4 is 44.9 Å². The number of furan rings is 1. The van der Waals surface area contributed by atoms with E-state index in [2.05, 4.69) is 11.1 Å². The highest BCUT2D eigenvalue weighted by Gasteiger charge is 2.40. The maximum absolute atomic E-state index is 13.8. The lowest BCUT2D eigenvalue weighted by Crippen LogP contribution is -2.32. The van der Waals surface area contributed by atoms with Crippen LogP contribution >= 0.6 is 0 Å². The lowest BCUT2D eigenvalue weighted by atomic mass is 9.97. The third-order valence-electron chi connectivity index (χ3n) is 7.20. The van der Waals surface area contributed by atoms with Crippen molar-refractivity contribution in [3.8, 4) is 22.5 Å². The van der Waals surface area contributed by atoms with E-state index >= 15 is 0 Å². The van der Waals surface area contributed by atoms with E-state index in [0.717, 1.165) is 15.5 Å². The molecule has 0 bridgehead atoms. The third-order valence-corrected chi connectivity index (χ3v) is 8.38. The van der Waals surface area contributed by atoms with Crippen molar-refractivity contribution in [1.29, 1.82) is 0 Å². The number of hydrogen-bond donors (Lipinski definition) is 2. The van der Waals surface area contributed by atoms with Crippen LogP contribution in [0.2, 0.25) is 0 Å². The number of benzene rings is 3. The van der Waals surface area contributed by atoms with Gasteiger partial charge in [0.15, 0.2) is 0 Å². The molecule has 2 heterocycles. The Kier molecular flexibility index (Phi) is 10.0. The maximum Gasteiger partial charge on any atom is 0.267 e. The molecule has 5 rings (SSSR count). The molecule has 0 saturated carbocycles. The lowest BCUT2D eigenvalue weighted by Gasteiger charge is -2.24. The number of likely N-dealkylation sites (tertiary alicyclic amines) is 1. The average Bonchev–Trinajstić information content (AvgIpc) is 3.58. The Morgan fingerprint density at radius 2 is 1.78 bits per heavy atom. The normalized spacial score (nSPS) is 14.0. The molecule has 0 atom stereocenters. The van der Waals surface area contributed by atoms with Gasteiger partial charge in [-0.05, 0) is 48.0 Å². The van der Waals surface area contributed by atoms with Gasteiger partial charge in [0.2, 0.25) is 16.4 Å². The Labute approximate surface area is 261 Å². The molecule has 0 radical (unpaired) electrons. The Morgan fingerprint density at radius 1 is 1.11 bits per heavy atom. The summed E-state index contributed by atoms with van der Waals surface area (Å²) in [6, 6.07) is 14.1. The van der Waals surface area contributed by atoms with Crippen LogP contribution in [0.5, 0.6) is 0 Å². The second-order valence-corrected chi connectivity index (χ2v) is 12.2. The number of nitrogens with zero attached hydrogens (tertiary/aromatic N) is 2. The molecule has 1 aliphatic heterocycles. The Morgan fingerprint density at radius 3 is 2.35 bits per heavy atom. The number of carbonyl (C=O) groups excluding carboxylic acids is 3. The smallest absolute Gasteiger partial charge is 0.267 e. The minimum atomic E-state index is -4.04. The van der Waals surface area contributed by atoms with Gasteiger partial charge in [-0.1, -0.05) is 12.1 Å². The second-order valence-electron chi connectivity index (χ2n) is 10.3. The summed E-state index contributed by atoms with van der Waals surface area (Å²) in [4.78, 5) is 35.9. The summed E-state index contributed by atoms with van der Waals surface area (Å²) in [5.41, 5.74) is 5.34. The van der Waals surface area contributed by atoms with Gasteiger partial charge in [0, 0.05) is 48.2 Å². The summed E-state index contributed by atoms with van der Waals surface area (Å²) in [6.45, 7) is -2.40. The molecule has 4 aromatic rings. The van der Waals surface area contributed by atoms with Crippen molar-refractivity contribution in [1.82, 2.24) is 10.2 Å². The number of sulfonamides is 1. The zero-order valence-corrected chi connectivity index (χ0v) is 25.5. The van der Waals surface area contributed by atoms with E-state index in [4.69, 9.17) is 9.21 Å². The highest BCUT2D eigenvalue weighted by atomic mass is 32.2. The summed E-state index contributed by atoms with van der Waals surface area (Å²) >= 11 is 0. The maximum atomic E-state index is 13.8. The van der Waals surface area contributed by atoms with E-state index in [1.54, 1.807) is 6.07 Å². The molecule has 0 unspecified atom stereocenters. The molecule has 15 heteroatoms. The predicted molar refractivity (Wildman–Crippen MR) is 164 cm³/mol. The van der Waals surface area contributed by atoms with Gasteiger partial charge in [0.25, 0.3) is 17.7 Å². The lowest BCUT2D eigenvalue weighted by molar-refractivity contribution is -0.106. The van der Waals surface area contributed by atoms with E-state index in [1.165, 1.54) is 61.6 Å². The zero-order chi connectivity index (χ0) is 33.8. The number of rotatable bonds is 8.